The number of carbonyl (C=O) groups excluding carboxylic acids is 1. The number of nitrogen functional groups attached to an aromatic ring is 1. The average Bonchev–Trinajstić information content (AvgIpc) is 2.97. The van der Waals surface area contributed by atoms with E-state index >= 15 is 0 Å². The van der Waals surface area contributed by atoms with Gasteiger partial charge in [-0.05, 0) is 37.7 Å². The highest BCUT2D eigenvalue weighted by molar-refractivity contribution is 5.96. The van der Waals surface area contributed by atoms with Gasteiger partial charge in [0, 0.05) is 43.8 Å². The van der Waals surface area contributed by atoms with Crippen molar-refractivity contribution in [2.75, 3.05) is 51.0 Å². The number of aryl methyl sites for hydroxylation is 1. The Labute approximate surface area is 153 Å². The quantitative estimate of drug-likeness (QED) is 0.847. The zero-order chi connectivity index (χ0) is 18.8. The molecule has 0 saturated carbocycles. The zero-order valence-electron chi connectivity index (χ0n) is 15.3. The molecule has 7 nitrogen and oxygen atoms in total. The number of anilines is 2. The molecule has 0 amide bonds. The number of piperazine rings is 1. The third-order valence-corrected chi connectivity index (χ3v) is 4.85. The van der Waals surface area contributed by atoms with E-state index in [-0.39, 0.29) is 16.9 Å². The molecular formula is C19H23N5O2. The molecule has 3 rings (SSSR count). The molecular weight excluding hydrogens is 330 g/mol. The van der Waals surface area contributed by atoms with Crippen molar-refractivity contribution in [1.29, 1.82) is 5.26 Å². The highest BCUT2D eigenvalue weighted by Crippen LogP contribution is 2.28. The predicted molar refractivity (Wildman–Crippen MR) is 101 cm³/mol. The number of carbonyl (C=O) groups is 1. The van der Waals surface area contributed by atoms with Gasteiger partial charge in [0.15, 0.2) is 5.69 Å². The first-order valence-electron chi connectivity index (χ1n) is 8.50. The Hall–Kier alpha value is -2.98. The highest BCUT2D eigenvalue weighted by Gasteiger charge is 2.23. The number of ether oxygens (including phenoxy) is 1. The van der Waals surface area contributed by atoms with E-state index in [1.54, 1.807) is 10.8 Å². The van der Waals surface area contributed by atoms with Crippen molar-refractivity contribution in [1.82, 2.24) is 9.47 Å². The molecule has 1 fully saturated rings. The molecule has 1 aliphatic heterocycles. The van der Waals surface area contributed by atoms with Gasteiger partial charge in [0.1, 0.15) is 6.07 Å². The molecule has 2 aromatic rings. The molecule has 26 heavy (non-hydrogen) atoms. The van der Waals surface area contributed by atoms with Crippen molar-refractivity contribution in [2.24, 2.45) is 0 Å². The van der Waals surface area contributed by atoms with Gasteiger partial charge in [-0.1, -0.05) is 0 Å². The van der Waals surface area contributed by atoms with Gasteiger partial charge < -0.3 is 24.8 Å². The van der Waals surface area contributed by atoms with E-state index in [9.17, 15) is 10.1 Å². The van der Waals surface area contributed by atoms with E-state index in [1.807, 2.05) is 25.1 Å². The summed E-state index contributed by atoms with van der Waals surface area (Å²) in [6.07, 6.45) is 1.58. The summed E-state index contributed by atoms with van der Waals surface area (Å²) in [5, 5.41) is 9.26. The number of nitriles is 1. The van der Waals surface area contributed by atoms with Gasteiger partial charge in [0.2, 0.25) is 0 Å². The van der Waals surface area contributed by atoms with Crippen LogP contribution < -0.4 is 10.6 Å². The van der Waals surface area contributed by atoms with Crippen LogP contribution in [-0.2, 0) is 4.74 Å². The Morgan fingerprint density at radius 3 is 2.54 bits per heavy atom. The van der Waals surface area contributed by atoms with Crippen LogP contribution in [-0.4, -0.2) is 55.8 Å². The molecule has 1 aromatic heterocycles. The standard InChI is InChI=1S/C19H23N5O2/c1-13-10-15(23-8-6-22(2)7-9-23)4-5-16(13)24-12-14(11-20)17(21)18(24)19(25)26-3/h4-5,10,12H,6-9,21H2,1-3H3. The van der Waals surface area contributed by atoms with Crippen molar-refractivity contribution in [3.8, 4) is 11.8 Å². The second kappa shape index (κ2) is 7.10. The topological polar surface area (TPSA) is 87.5 Å². The molecule has 0 unspecified atom stereocenters. The van der Waals surface area contributed by atoms with Gasteiger partial charge in [0.25, 0.3) is 0 Å². The normalized spacial score (nSPS) is 14.9. The third-order valence-electron chi connectivity index (χ3n) is 4.85. The van der Waals surface area contributed by atoms with Gasteiger partial charge in [0.05, 0.1) is 18.4 Å². The molecule has 7 heteroatoms. The predicted octanol–water partition coefficient (Wildman–Crippen LogP) is 1.78. The van der Waals surface area contributed by atoms with Crippen molar-refractivity contribution in [3.05, 3.63) is 41.2 Å². The van der Waals surface area contributed by atoms with Gasteiger partial charge in [-0.2, -0.15) is 5.26 Å². The summed E-state index contributed by atoms with van der Waals surface area (Å²) in [4.78, 5) is 16.8. The molecule has 136 valence electrons. The molecule has 0 atom stereocenters. The molecule has 1 aromatic carbocycles. The molecule has 0 bridgehead atoms. The lowest BCUT2D eigenvalue weighted by atomic mass is 10.1. The lowest BCUT2D eigenvalue weighted by molar-refractivity contribution is 0.0593. The number of esters is 1. The Morgan fingerprint density at radius 2 is 1.96 bits per heavy atom. The van der Waals surface area contributed by atoms with Crippen molar-refractivity contribution >= 4 is 17.3 Å². The number of hydrogen-bond acceptors (Lipinski definition) is 6. The van der Waals surface area contributed by atoms with Gasteiger partial charge >= 0.3 is 5.97 Å². The van der Waals surface area contributed by atoms with Crippen LogP contribution in [0.5, 0.6) is 0 Å². The Morgan fingerprint density at radius 1 is 1.27 bits per heavy atom. The highest BCUT2D eigenvalue weighted by atomic mass is 16.5. The lowest BCUT2D eigenvalue weighted by Crippen LogP contribution is -2.44. The fraction of sp³-hybridized carbons (Fsp3) is 0.368. The summed E-state index contributed by atoms with van der Waals surface area (Å²) in [5.74, 6) is -0.563. The Bertz CT molecular complexity index is 873. The maximum Gasteiger partial charge on any atom is 0.357 e. The fourth-order valence-corrected chi connectivity index (χ4v) is 3.28. The first kappa shape index (κ1) is 17.8. The number of nitrogens with two attached hydrogens (primary N) is 1. The lowest BCUT2D eigenvalue weighted by Gasteiger charge is -2.34. The first-order chi connectivity index (χ1) is 12.5. The van der Waals surface area contributed by atoms with E-state index in [1.165, 1.54) is 7.11 Å². The van der Waals surface area contributed by atoms with Gasteiger partial charge in [-0.25, -0.2) is 4.79 Å². The van der Waals surface area contributed by atoms with Gasteiger partial charge in [-0.3, -0.25) is 0 Å². The number of benzene rings is 1. The summed E-state index contributed by atoms with van der Waals surface area (Å²) in [6, 6.07) is 8.12. The number of rotatable bonds is 3. The van der Waals surface area contributed by atoms with Crippen LogP contribution in [0.15, 0.2) is 24.4 Å². The number of nitrogens with zero attached hydrogens (tertiary/aromatic N) is 4. The summed E-state index contributed by atoms with van der Waals surface area (Å²) in [6.45, 7) is 6.02. The number of methoxy groups -OCH3 is 1. The smallest absolute Gasteiger partial charge is 0.357 e. The monoisotopic (exact) mass is 353 g/mol. The second-order valence-electron chi connectivity index (χ2n) is 6.54. The van der Waals surface area contributed by atoms with Crippen LogP contribution in [0.25, 0.3) is 5.69 Å². The minimum atomic E-state index is -0.563. The van der Waals surface area contributed by atoms with Crippen molar-refractivity contribution in [3.63, 3.8) is 0 Å². The minimum absolute atomic E-state index is 0.141. The molecule has 1 saturated heterocycles. The SMILES string of the molecule is COC(=O)c1c(N)c(C#N)cn1-c1ccc(N2CCN(C)CC2)cc1C. The average molecular weight is 353 g/mol. The number of likely N-dealkylation sites (N-methyl/N-ethyl adjacent to an activating group) is 1. The van der Waals surface area contributed by atoms with E-state index < -0.39 is 5.97 Å². The fourth-order valence-electron chi connectivity index (χ4n) is 3.28. The van der Waals surface area contributed by atoms with E-state index in [4.69, 9.17) is 10.5 Å². The van der Waals surface area contributed by atoms with Crippen molar-refractivity contribution in [2.45, 2.75) is 6.92 Å². The summed E-state index contributed by atoms with van der Waals surface area (Å²) < 4.78 is 6.49. The van der Waals surface area contributed by atoms with Crippen LogP contribution in [0.1, 0.15) is 21.6 Å². The number of hydrogen-bond donors (Lipinski definition) is 1. The van der Waals surface area contributed by atoms with E-state index in [0.29, 0.717) is 0 Å². The van der Waals surface area contributed by atoms with Crippen molar-refractivity contribution < 1.29 is 9.53 Å². The Kier molecular flexibility index (Phi) is 4.87. The second-order valence-corrected chi connectivity index (χ2v) is 6.54. The zero-order valence-corrected chi connectivity index (χ0v) is 15.3. The number of aromatic nitrogens is 1. The summed E-state index contributed by atoms with van der Waals surface area (Å²) in [5.41, 5.74) is 9.51. The van der Waals surface area contributed by atoms with Gasteiger partial charge in [-0.15, -0.1) is 0 Å². The molecule has 0 radical (unpaired) electrons. The van der Waals surface area contributed by atoms with Crippen LogP contribution in [0.4, 0.5) is 11.4 Å². The first-order valence-corrected chi connectivity index (χ1v) is 8.50. The maximum absolute atomic E-state index is 12.2. The molecule has 0 aliphatic carbocycles. The molecule has 2 N–H and O–H groups in total. The molecule has 1 aliphatic rings. The van der Waals surface area contributed by atoms with Crippen LogP contribution in [0.3, 0.4) is 0 Å². The minimum Gasteiger partial charge on any atom is -0.464 e. The summed E-state index contributed by atoms with van der Waals surface area (Å²) >= 11 is 0. The molecule has 2 heterocycles. The molecule has 0 spiro atoms. The Balaban J connectivity index is 2.00. The van der Waals surface area contributed by atoms with Crippen LogP contribution in [0, 0.1) is 18.3 Å². The van der Waals surface area contributed by atoms with E-state index in [0.717, 1.165) is 43.1 Å². The van der Waals surface area contributed by atoms with E-state index in [2.05, 4.69) is 22.9 Å². The summed E-state index contributed by atoms with van der Waals surface area (Å²) in [7, 11) is 3.43. The van der Waals surface area contributed by atoms with Crippen LogP contribution in [0.2, 0.25) is 0 Å². The maximum atomic E-state index is 12.2. The van der Waals surface area contributed by atoms with Crippen LogP contribution >= 0.6 is 0 Å². The third kappa shape index (κ3) is 3.11. The largest absolute Gasteiger partial charge is 0.464 e.